The summed E-state index contributed by atoms with van der Waals surface area (Å²) in [4.78, 5) is 26.0. The van der Waals surface area contributed by atoms with E-state index in [1.807, 2.05) is 36.4 Å². The number of nitrogens with one attached hydrogen (secondary N) is 1. The van der Waals surface area contributed by atoms with Crippen LogP contribution in [-0.2, 0) is 16.0 Å². The molecule has 1 aliphatic heterocycles. The second kappa shape index (κ2) is 15.5. The van der Waals surface area contributed by atoms with E-state index in [-0.39, 0.29) is 11.8 Å². The molecule has 1 saturated heterocycles. The number of carbonyl (C=O) groups excluding carboxylic acids is 2. The van der Waals surface area contributed by atoms with E-state index in [4.69, 9.17) is 5.26 Å². The summed E-state index contributed by atoms with van der Waals surface area (Å²) < 4.78 is 0. The number of hydrogen-bond acceptors (Lipinski definition) is 5. The van der Waals surface area contributed by atoms with Crippen LogP contribution in [0.1, 0.15) is 65.4 Å². The summed E-state index contributed by atoms with van der Waals surface area (Å²) in [7, 11) is -1.61. The van der Waals surface area contributed by atoms with E-state index in [1.54, 1.807) is 11.8 Å². The first-order valence-corrected chi connectivity index (χ1v) is 12.0. The van der Waals surface area contributed by atoms with Crippen LogP contribution in [0.4, 0.5) is 0 Å². The molecule has 33 heavy (non-hydrogen) atoms. The predicted octanol–water partition coefficient (Wildman–Crippen LogP) is 2.96. The molecule has 3 N–H and O–H groups in total. The van der Waals surface area contributed by atoms with Crippen molar-refractivity contribution in [1.82, 2.24) is 10.2 Å². The number of amides is 2. The summed E-state index contributed by atoms with van der Waals surface area (Å²) in [6.07, 6.45) is 4.09. The average Bonchev–Trinajstić information content (AvgIpc) is 2.78. The lowest BCUT2D eigenvalue weighted by Crippen LogP contribution is -2.47. The van der Waals surface area contributed by atoms with Crippen molar-refractivity contribution >= 4 is 18.9 Å². The summed E-state index contributed by atoms with van der Waals surface area (Å²) in [5, 5.41) is 30.7. The fraction of sp³-hybridized carbons (Fsp3) is 0.640. The zero-order valence-corrected chi connectivity index (χ0v) is 20.5. The van der Waals surface area contributed by atoms with Gasteiger partial charge in [-0.2, -0.15) is 5.26 Å². The van der Waals surface area contributed by atoms with E-state index in [1.165, 1.54) is 0 Å². The molecule has 2 unspecified atom stereocenters. The Morgan fingerprint density at radius 2 is 1.73 bits per heavy atom. The van der Waals surface area contributed by atoms with E-state index in [0.29, 0.717) is 31.8 Å². The third-order valence-corrected chi connectivity index (χ3v) is 5.51. The Morgan fingerprint density at radius 3 is 2.24 bits per heavy atom. The largest absolute Gasteiger partial charge is 0.475 e. The van der Waals surface area contributed by atoms with Crippen molar-refractivity contribution in [3.8, 4) is 6.07 Å². The quantitative estimate of drug-likeness (QED) is 0.494. The lowest BCUT2D eigenvalue weighted by atomic mass is 9.76. The van der Waals surface area contributed by atoms with Crippen LogP contribution in [0.5, 0.6) is 0 Å². The molecule has 7 nitrogen and oxygen atoms in total. The van der Waals surface area contributed by atoms with E-state index >= 15 is 0 Å². The average molecular weight is 457 g/mol. The van der Waals surface area contributed by atoms with Crippen LogP contribution in [0.25, 0.3) is 0 Å². The monoisotopic (exact) mass is 457 g/mol. The SMILES string of the molecule is CC(C#N)C(=O)N1CCC(CCCC(=O)NC(Cc2ccccc2)B(O)O)CC1.CC(C)C. The van der Waals surface area contributed by atoms with Gasteiger partial charge in [-0.3, -0.25) is 9.59 Å². The summed E-state index contributed by atoms with van der Waals surface area (Å²) in [5.41, 5.74) is 0.929. The maximum Gasteiger partial charge on any atom is 0.475 e. The smallest absolute Gasteiger partial charge is 0.426 e. The summed E-state index contributed by atoms with van der Waals surface area (Å²) in [5.74, 6) is -0.318. The van der Waals surface area contributed by atoms with Crippen molar-refractivity contribution in [3.63, 3.8) is 0 Å². The van der Waals surface area contributed by atoms with Crippen LogP contribution < -0.4 is 5.32 Å². The Hall–Kier alpha value is -2.37. The fourth-order valence-electron chi connectivity index (χ4n) is 3.70. The minimum absolute atomic E-state index is 0.0997. The fourth-order valence-corrected chi connectivity index (χ4v) is 3.70. The van der Waals surface area contributed by atoms with Crippen molar-refractivity contribution in [3.05, 3.63) is 35.9 Å². The normalized spacial score (nSPS) is 15.6. The molecular weight excluding hydrogens is 417 g/mol. The van der Waals surface area contributed by atoms with Gasteiger partial charge in [0.25, 0.3) is 0 Å². The van der Waals surface area contributed by atoms with E-state index in [0.717, 1.165) is 37.2 Å². The van der Waals surface area contributed by atoms with Gasteiger partial charge < -0.3 is 20.3 Å². The topological polar surface area (TPSA) is 114 Å². The molecule has 1 fully saturated rings. The maximum absolute atomic E-state index is 12.2. The molecule has 2 atom stereocenters. The predicted molar refractivity (Wildman–Crippen MR) is 131 cm³/mol. The summed E-state index contributed by atoms with van der Waals surface area (Å²) >= 11 is 0. The molecule has 2 amide bonds. The first-order chi connectivity index (χ1) is 15.6. The summed E-state index contributed by atoms with van der Waals surface area (Å²) in [6.45, 7) is 9.45. The number of hydrogen-bond donors (Lipinski definition) is 3. The Bertz CT molecular complexity index is 741. The van der Waals surface area contributed by atoms with Crippen LogP contribution in [0, 0.1) is 29.1 Å². The van der Waals surface area contributed by atoms with Gasteiger partial charge in [-0.25, -0.2) is 0 Å². The Labute approximate surface area is 199 Å². The van der Waals surface area contributed by atoms with E-state index < -0.39 is 19.0 Å². The molecule has 1 aromatic rings. The number of piperidine rings is 1. The van der Waals surface area contributed by atoms with Crippen molar-refractivity contribution in [2.75, 3.05) is 13.1 Å². The van der Waals surface area contributed by atoms with Gasteiger partial charge in [-0.05, 0) is 56.4 Å². The molecule has 182 valence electrons. The molecule has 1 aromatic carbocycles. The molecule has 1 aliphatic rings. The van der Waals surface area contributed by atoms with Gasteiger partial charge >= 0.3 is 7.12 Å². The Kier molecular flexibility index (Phi) is 13.4. The molecule has 0 saturated carbocycles. The molecule has 2 rings (SSSR count). The van der Waals surface area contributed by atoms with Crippen LogP contribution in [0.3, 0.4) is 0 Å². The zero-order valence-electron chi connectivity index (χ0n) is 20.5. The number of likely N-dealkylation sites (tertiary alicyclic amines) is 1. The van der Waals surface area contributed by atoms with Gasteiger partial charge in [0.2, 0.25) is 11.8 Å². The first-order valence-electron chi connectivity index (χ1n) is 12.0. The van der Waals surface area contributed by atoms with Gasteiger partial charge in [-0.1, -0.05) is 51.1 Å². The third kappa shape index (κ3) is 11.9. The molecular formula is C25H40BN3O4. The van der Waals surface area contributed by atoms with E-state index in [2.05, 4.69) is 26.1 Å². The Morgan fingerprint density at radius 1 is 1.15 bits per heavy atom. The Balaban J connectivity index is 0.00000125. The highest BCUT2D eigenvalue weighted by Gasteiger charge is 2.27. The highest BCUT2D eigenvalue weighted by molar-refractivity contribution is 6.43. The van der Waals surface area contributed by atoms with Gasteiger partial charge in [0.05, 0.1) is 12.0 Å². The molecule has 1 heterocycles. The molecule has 8 heteroatoms. The molecule has 0 aliphatic carbocycles. The first kappa shape index (κ1) is 28.7. The summed E-state index contributed by atoms with van der Waals surface area (Å²) in [6, 6.07) is 11.4. The van der Waals surface area contributed by atoms with Crippen LogP contribution in [0.2, 0.25) is 0 Å². The van der Waals surface area contributed by atoms with Gasteiger partial charge in [0, 0.05) is 19.5 Å². The second-order valence-corrected chi connectivity index (χ2v) is 9.52. The highest BCUT2D eigenvalue weighted by Crippen LogP contribution is 2.23. The van der Waals surface area contributed by atoms with Crippen molar-refractivity contribution in [2.24, 2.45) is 17.8 Å². The minimum atomic E-state index is -1.61. The van der Waals surface area contributed by atoms with Crippen LogP contribution >= 0.6 is 0 Å². The van der Waals surface area contributed by atoms with Gasteiger partial charge in [0.15, 0.2) is 0 Å². The number of carbonyl (C=O) groups is 2. The van der Waals surface area contributed by atoms with Crippen LogP contribution in [0.15, 0.2) is 30.3 Å². The van der Waals surface area contributed by atoms with E-state index in [9.17, 15) is 19.6 Å². The van der Waals surface area contributed by atoms with Gasteiger partial charge in [0.1, 0.15) is 5.92 Å². The standard InChI is InChI=1S/C21H30BN3O4.C4H10/c1-16(15-23)21(27)25-12-10-17(11-13-25)8-5-9-20(26)24-19(22(28)29)14-18-6-3-2-4-7-18;1-4(2)3/h2-4,6-7,16-17,19,28-29H,5,8-14H2,1H3,(H,24,26);4H,1-3H3. The number of nitrogens with zero attached hydrogens (tertiary/aromatic N) is 2. The third-order valence-electron chi connectivity index (χ3n) is 5.51. The number of benzene rings is 1. The van der Waals surface area contributed by atoms with Crippen molar-refractivity contribution < 1.29 is 19.6 Å². The molecule has 0 aromatic heterocycles. The zero-order chi connectivity index (χ0) is 24.8. The van der Waals surface area contributed by atoms with Crippen molar-refractivity contribution in [1.29, 1.82) is 5.26 Å². The lowest BCUT2D eigenvalue weighted by molar-refractivity contribution is -0.134. The van der Waals surface area contributed by atoms with Crippen molar-refractivity contribution in [2.45, 2.75) is 72.2 Å². The highest BCUT2D eigenvalue weighted by atomic mass is 16.4. The van der Waals surface area contributed by atoms with Gasteiger partial charge in [-0.15, -0.1) is 0 Å². The number of nitriles is 1. The lowest BCUT2D eigenvalue weighted by Gasteiger charge is -2.32. The molecule has 0 bridgehead atoms. The second-order valence-electron chi connectivity index (χ2n) is 9.52. The maximum atomic E-state index is 12.2. The molecule has 0 spiro atoms. The number of rotatable bonds is 9. The minimum Gasteiger partial charge on any atom is -0.426 e. The molecule has 0 radical (unpaired) electrons. The van der Waals surface area contributed by atoms with Crippen LogP contribution in [-0.4, -0.2) is 52.9 Å².